The van der Waals surface area contributed by atoms with Crippen molar-refractivity contribution in [1.29, 1.82) is 0 Å². The summed E-state index contributed by atoms with van der Waals surface area (Å²) < 4.78 is 77.7. The third-order valence-corrected chi connectivity index (χ3v) is 39.8. The van der Waals surface area contributed by atoms with Gasteiger partial charge in [0, 0.05) is 0 Å². The molecule has 35 heavy (non-hydrogen) atoms. The second-order valence-corrected chi connectivity index (χ2v) is 32.3. The molecule has 0 saturated carbocycles. The molecule has 0 atom stereocenters. The van der Waals surface area contributed by atoms with Crippen molar-refractivity contribution in [2.45, 2.75) is 0 Å². The van der Waals surface area contributed by atoms with Crippen LogP contribution in [0.15, 0.2) is 85.9 Å². The Morgan fingerprint density at radius 1 is 0.314 bits per heavy atom. The molecule has 6 aliphatic rings. The molecule has 12 nitrogen and oxygen atoms in total. The highest BCUT2D eigenvalue weighted by Gasteiger charge is 2.81. The highest BCUT2D eigenvalue weighted by atomic mass is 79.9. The molecule has 0 aliphatic carbocycles. The fourth-order valence-corrected chi connectivity index (χ4v) is 48.1. The Kier molecular flexibility index (Phi) is 6.22. The Morgan fingerprint density at radius 2 is 0.457 bits per heavy atom. The standard InChI is InChI=1S/C14H21BrO12Si8/c1-8-28-16-29(9-2)19-32(12-5)21-30(10-3,17-28)23-34(14-7)24-31(11-4,18-28)22-33(13-6,20-29)26-35(15,25-32)27-34/h8-14H,1-7H2. The average Bonchev–Trinajstić information content (AvgIpc) is 2.78. The van der Waals surface area contributed by atoms with Crippen LogP contribution in [0.2, 0.25) is 0 Å². The second kappa shape index (κ2) is 8.21. The Morgan fingerprint density at radius 3 is 0.600 bits per heavy atom. The van der Waals surface area contributed by atoms with Crippen LogP contribution in [-0.4, -0.2) is 69.1 Å². The van der Waals surface area contributed by atoms with Crippen LogP contribution < -0.4 is 0 Å². The van der Waals surface area contributed by atoms with Crippen molar-refractivity contribution in [2.24, 2.45) is 0 Å². The van der Waals surface area contributed by atoms with Crippen LogP contribution in [0.1, 0.15) is 0 Å². The first-order valence-corrected chi connectivity index (χ1v) is 26.6. The molecule has 0 radical (unpaired) electrons. The van der Waals surface area contributed by atoms with Gasteiger partial charge in [-0.1, -0.05) is 0 Å². The summed E-state index contributed by atoms with van der Waals surface area (Å²) in [6.45, 7) is 27.1. The van der Waals surface area contributed by atoms with Gasteiger partial charge in [0.2, 0.25) is 0 Å². The Bertz CT molecular complexity index is 919. The lowest BCUT2D eigenvalue weighted by atomic mass is 11.3. The zero-order chi connectivity index (χ0) is 25.4. The van der Waals surface area contributed by atoms with E-state index in [9.17, 15) is 0 Å². The van der Waals surface area contributed by atoms with Crippen molar-refractivity contribution in [2.75, 3.05) is 0 Å². The summed E-state index contributed by atoms with van der Waals surface area (Å²) in [5, 5.41) is 0. The monoisotopic (exact) mass is 684 g/mol. The lowest BCUT2D eigenvalue weighted by Crippen LogP contribution is -2.86. The van der Waals surface area contributed by atoms with Crippen LogP contribution >= 0.6 is 15.3 Å². The molecular formula is C14H21BrO12Si8. The van der Waals surface area contributed by atoms with Gasteiger partial charge in [-0.05, 0) is 55.2 Å². The average molecular weight is 686 g/mol. The van der Waals surface area contributed by atoms with E-state index >= 15 is 0 Å². The summed E-state index contributed by atoms with van der Waals surface area (Å²) in [6.07, 6.45) is 0. The maximum Gasteiger partial charge on any atom is 0.558 e. The van der Waals surface area contributed by atoms with E-state index in [1.54, 1.807) is 0 Å². The minimum Gasteiger partial charge on any atom is -0.367 e. The first-order chi connectivity index (χ1) is 16.4. The second-order valence-electron chi connectivity index (χ2n) is 7.36. The maximum absolute atomic E-state index is 6.51. The van der Waals surface area contributed by atoms with Gasteiger partial charge in [0.1, 0.15) is 0 Å². The maximum atomic E-state index is 6.51. The molecule has 6 rings (SSSR count). The van der Waals surface area contributed by atoms with Crippen molar-refractivity contribution >= 4 is 84.3 Å². The molecule has 6 fully saturated rings. The summed E-state index contributed by atoms with van der Waals surface area (Å²) in [6, 6.07) is 0. The van der Waals surface area contributed by atoms with Crippen LogP contribution in [0.3, 0.4) is 0 Å². The molecule has 0 amide bonds. The molecule has 0 aromatic rings. The van der Waals surface area contributed by atoms with Gasteiger partial charge in [0.05, 0.1) is 0 Å². The highest BCUT2D eigenvalue weighted by molar-refractivity contribution is 9.25. The molecule has 6 saturated heterocycles. The minimum atomic E-state index is -4.08. The third kappa shape index (κ3) is 4.00. The molecule has 0 N–H and O–H groups in total. The van der Waals surface area contributed by atoms with Crippen LogP contribution in [0.25, 0.3) is 0 Å². The largest absolute Gasteiger partial charge is 0.558 e. The van der Waals surface area contributed by atoms with Crippen LogP contribution in [0, 0.1) is 0 Å². The molecule has 0 spiro atoms. The predicted octanol–water partition coefficient (Wildman–Crippen LogP) is 1.73. The Labute approximate surface area is 218 Å². The van der Waals surface area contributed by atoms with Gasteiger partial charge < -0.3 is 49.4 Å². The molecule has 188 valence electrons. The van der Waals surface area contributed by atoms with E-state index in [4.69, 9.17) is 49.4 Å². The van der Waals surface area contributed by atoms with E-state index in [1.807, 2.05) is 0 Å². The zero-order valence-corrected chi connectivity index (χ0v) is 27.9. The van der Waals surface area contributed by atoms with E-state index < -0.39 is 69.1 Å². The fourth-order valence-electron chi connectivity index (χ4n) is 3.67. The van der Waals surface area contributed by atoms with Gasteiger partial charge >= 0.3 is 69.1 Å². The number of hydrogen-bond acceptors (Lipinski definition) is 12. The number of halogens is 1. The Hall–Kier alpha value is -0.0849. The van der Waals surface area contributed by atoms with Gasteiger partial charge in [-0.15, -0.1) is 46.1 Å². The van der Waals surface area contributed by atoms with Crippen molar-refractivity contribution in [3.8, 4) is 0 Å². The third-order valence-electron chi connectivity index (χ3n) is 5.10. The fraction of sp³-hybridized carbons (Fsp3) is 0. The van der Waals surface area contributed by atoms with Crippen molar-refractivity contribution in [3.63, 3.8) is 0 Å². The van der Waals surface area contributed by atoms with Crippen molar-refractivity contribution < 1.29 is 49.4 Å². The van der Waals surface area contributed by atoms with Crippen LogP contribution in [0.4, 0.5) is 0 Å². The number of rotatable bonds is 7. The quantitative estimate of drug-likeness (QED) is 0.288. The van der Waals surface area contributed by atoms with Gasteiger partial charge in [0.15, 0.2) is 0 Å². The molecule has 21 heteroatoms. The molecule has 0 aromatic carbocycles. The van der Waals surface area contributed by atoms with E-state index in [0.717, 1.165) is 0 Å². The van der Waals surface area contributed by atoms with Crippen LogP contribution in [-0.2, 0) is 49.4 Å². The smallest absolute Gasteiger partial charge is 0.367 e. The normalized spacial score (nSPS) is 54.2. The summed E-state index contributed by atoms with van der Waals surface area (Å²) >= 11 is 3.49. The Balaban J connectivity index is 1.91. The van der Waals surface area contributed by atoms with E-state index in [0.29, 0.717) is 0 Å². The minimum absolute atomic E-state index is 1.36. The SMILES string of the molecule is C=C[Si]12O[Si]3(Br)O[Si]4(C=C)O[Si](C=C)(O1)O[Si]1(C=C)O[Si](C=C)(O2)O[Si](C=C)(O3)O[Si](C=C)(O4)O1. The molecule has 8 bridgehead atoms. The summed E-state index contributed by atoms with van der Waals surface area (Å²) in [7, 11) is -32.5. The lowest BCUT2D eigenvalue weighted by Gasteiger charge is -2.59. The molecule has 6 aliphatic heterocycles. The van der Waals surface area contributed by atoms with Gasteiger partial charge in [-0.3, -0.25) is 0 Å². The van der Waals surface area contributed by atoms with Crippen LogP contribution in [0.5, 0.6) is 0 Å². The lowest BCUT2D eigenvalue weighted by molar-refractivity contribution is -0.00235. The topological polar surface area (TPSA) is 111 Å². The van der Waals surface area contributed by atoms with E-state index in [2.05, 4.69) is 61.3 Å². The number of hydrogen-bond donors (Lipinski definition) is 0. The van der Waals surface area contributed by atoms with Gasteiger partial charge in [0.25, 0.3) is 0 Å². The predicted molar refractivity (Wildman–Crippen MR) is 139 cm³/mol. The van der Waals surface area contributed by atoms with E-state index in [1.165, 1.54) is 39.9 Å². The van der Waals surface area contributed by atoms with Crippen molar-refractivity contribution in [3.05, 3.63) is 85.9 Å². The molecule has 6 heterocycles. The highest BCUT2D eigenvalue weighted by Crippen LogP contribution is 2.50. The van der Waals surface area contributed by atoms with Gasteiger partial charge in [-0.2, -0.15) is 0 Å². The molecule has 0 aromatic heterocycles. The van der Waals surface area contributed by atoms with E-state index in [-0.39, 0.29) is 0 Å². The molecular weight excluding hydrogens is 665 g/mol. The first-order valence-electron chi connectivity index (χ1n) is 9.97. The van der Waals surface area contributed by atoms with Crippen molar-refractivity contribution in [1.82, 2.24) is 0 Å². The summed E-state index contributed by atoms with van der Waals surface area (Å²) in [4.78, 5) is 0. The first kappa shape index (κ1) is 26.5. The zero-order valence-electron chi connectivity index (χ0n) is 18.3. The summed E-state index contributed by atoms with van der Waals surface area (Å²) in [5.41, 5.74) is 9.50. The van der Waals surface area contributed by atoms with Gasteiger partial charge in [-0.25, -0.2) is 0 Å². The summed E-state index contributed by atoms with van der Waals surface area (Å²) in [5.74, 6) is 0. The molecule has 0 unspecified atom stereocenters.